The van der Waals surface area contributed by atoms with Crippen LogP contribution in [-0.2, 0) is 12.8 Å². The number of hydrogen-bond acceptors (Lipinski definition) is 6. The molecule has 6 rings (SSSR count). The number of rotatable bonds is 3. The summed E-state index contributed by atoms with van der Waals surface area (Å²) in [6, 6.07) is 14.7. The van der Waals surface area contributed by atoms with Crippen molar-refractivity contribution in [1.29, 1.82) is 0 Å². The van der Waals surface area contributed by atoms with E-state index in [4.69, 9.17) is 9.97 Å². The van der Waals surface area contributed by atoms with Crippen molar-refractivity contribution in [3.8, 4) is 11.4 Å². The maximum atomic E-state index is 5.11. The molecule has 0 saturated carbocycles. The Labute approximate surface area is 180 Å². The van der Waals surface area contributed by atoms with E-state index in [1.165, 1.54) is 34.4 Å². The maximum Gasteiger partial charge on any atom is 0.164 e. The molecule has 1 aliphatic heterocycles. The number of hydrogen-bond donors (Lipinski definition) is 0. The van der Waals surface area contributed by atoms with Crippen LogP contribution in [0.4, 0.5) is 11.5 Å². The van der Waals surface area contributed by atoms with Gasteiger partial charge in [-0.1, -0.05) is 18.2 Å². The molecule has 2 aliphatic rings. The van der Waals surface area contributed by atoms with Gasteiger partial charge in [0.15, 0.2) is 5.82 Å². The topological polar surface area (TPSA) is 45.2 Å². The van der Waals surface area contributed by atoms with Gasteiger partial charge in [0.05, 0.1) is 5.39 Å². The molecule has 150 valence electrons. The molecule has 0 radical (unpaired) electrons. The summed E-state index contributed by atoms with van der Waals surface area (Å²) in [7, 11) is 0. The Hall–Kier alpha value is -2.99. The molecule has 1 aliphatic carbocycles. The molecule has 6 heteroatoms. The zero-order valence-corrected chi connectivity index (χ0v) is 17.6. The molecule has 30 heavy (non-hydrogen) atoms. The monoisotopic (exact) mass is 413 g/mol. The fraction of sp³-hybridized carbons (Fsp3) is 0.292. The second-order valence-corrected chi connectivity index (χ2v) is 9.04. The molecule has 0 bridgehead atoms. The Morgan fingerprint density at radius 3 is 2.47 bits per heavy atom. The second kappa shape index (κ2) is 7.36. The molecule has 4 aromatic rings. The van der Waals surface area contributed by atoms with E-state index < -0.39 is 0 Å². The number of aryl methyl sites for hydroxylation is 2. The van der Waals surface area contributed by atoms with Crippen LogP contribution in [0.5, 0.6) is 0 Å². The molecular formula is C24H23N5S. The molecule has 5 nitrogen and oxygen atoms in total. The molecule has 0 N–H and O–H groups in total. The number of thiophene rings is 1. The molecule has 0 amide bonds. The number of fused-ring (bicyclic) bond motifs is 3. The van der Waals surface area contributed by atoms with Gasteiger partial charge in [0.1, 0.15) is 10.6 Å². The first kappa shape index (κ1) is 17.8. The summed E-state index contributed by atoms with van der Waals surface area (Å²) >= 11 is 1.86. The standard InChI is InChI=1S/C24H23N5S/c1-2-7-18(8-3-1)28-12-14-29(15-13-28)23-21-19-9-4-10-20(19)30-24(21)27-22(26-23)17-6-5-11-25-16-17/h1-3,5-8,11,16H,4,9-10,12-15H2. The summed E-state index contributed by atoms with van der Waals surface area (Å²) in [4.78, 5) is 21.9. The first-order chi connectivity index (χ1) is 14.9. The lowest BCUT2D eigenvalue weighted by molar-refractivity contribution is 0.649. The third-order valence-corrected chi connectivity index (χ3v) is 7.35. The van der Waals surface area contributed by atoms with Crippen molar-refractivity contribution in [2.45, 2.75) is 19.3 Å². The minimum Gasteiger partial charge on any atom is -0.368 e. The Kier molecular flexibility index (Phi) is 4.38. The fourth-order valence-corrected chi connectivity index (χ4v) is 5.90. The summed E-state index contributed by atoms with van der Waals surface area (Å²) in [5, 5.41) is 1.30. The van der Waals surface area contributed by atoms with E-state index >= 15 is 0 Å². The van der Waals surface area contributed by atoms with E-state index in [1.807, 2.05) is 29.7 Å². The summed E-state index contributed by atoms with van der Waals surface area (Å²) in [6.45, 7) is 3.95. The van der Waals surface area contributed by atoms with Gasteiger partial charge >= 0.3 is 0 Å². The van der Waals surface area contributed by atoms with Crippen molar-refractivity contribution in [2.75, 3.05) is 36.0 Å². The zero-order chi connectivity index (χ0) is 19.9. The van der Waals surface area contributed by atoms with Crippen molar-refractivity contribution in [2.24, 2.45) is 0 Å². The Bertz CT molecular complexity index is 1180. The molecule has 0 atom stereocenters. The predicted octanol–water partition coefficient (Wildman–Crippen LogP) is 4.57. The number of anilines is 2. The smallest absolute Gasteiger partial charge is 0.164 e. The van der Waals surface area contributed by atoms with Gasteiger partial charge < -0.3 is 9.80 Å². The zero-order valence-electron chi connectivity index (χ0n) is 16.8. The van der Waals surface area contributed by atoms with Gasteiger partial charge in [-0.2, -0.15) is 0 Å². The van der Waals surface area contributed by atoms with Crippen molar-refractivity contribution in [1.82, 2.24) is 15.0 Å². The molecule has 3 aromatic heterocycles. The fourth-order valence-electron chi connectivity index (χ4n) is 4.64. The van der Waals surface area contributed by atoms with Gasteiger partial charge in [0.25, 0.3) is 0 Å². The van der Waals surface area contributed by atoms with E-state index in [2.05, 4.69) is 45.1 Å². The summed E-state index contributed by atoms with van der Waals surface area (Å²) in [5.41, 5.74) is 3.78. The third kappa shape index (κ3) is 3.03. The van der Waals surface area contributed by atoms with Crippen molar-refractivity contribution < 1.29 is 0 Å². The van der Waals surface area contributed by atoms with Gasteiger partial charge in [0.2, 0.25) is 0 Å². The van der Waals surface area contributed by atoms with Gasteiger partial charge in [-0.05, 0) is 49.1 Å². The van der Waals surface area contributed by atoms with Gasteiger partial charge in [-0.15, -0.1) is 11.3 Å². The number of aromatic nitrogens is 3. The van der Waals surface area contributed by atoms with E-state index in [1.54, 1.807) is 6.20 Å². The lowest BCUT2D eigenvalue weighted by Crippen LogP contribution is -2.47. The van der Waals surface area contributed by atoms with Crippen LogP contribution in [0.25, 0.3) is 21.6 Å². The van der Waals surface area contributed by atoms with Gasteiger partial charge in [-0.25, -0.2) is 9.97 Å². The highest BCUT2D eigenvalue weighted by atomic mass is 32.1. The summed E-state index contributed by atoms with van der Waals surface area (Å²) in [5.74, 6) is 1.90. The van der Waals surface area contributed by atoms with Crippen LogP contribution in [0.3, 0.4) is 0 Å². The minimum atomic E-state index is 0.788. The van der Waals surface area contributed by atoms with E-state index in [-0.39, 0.29) is 0 Å². The average molecular weight is 414 g/mol. The number of nitrogens with zero attached hydrogens (tertiary/aromatic N) is 5. The lowest BCUT2D eigenvalue weighted by atomic mass is 10.1. The van der Waals surface area contributed by atoms with Crippen molar-refractivity contribution >= 4 is 33.1 Å². The van der Waals surface area contributed by atoms with Crippen LogP contribution in [0, 0.1) is 0 Å². The molecule has 0 unspecified atom stereocenters. The Balaban J connectivity index is 1.39. The predicted molar refractivity (Wildman–Crippen MR) is 124 cm³/mol. The van der Waals surface area contributed by atoms with E-state index in [9.17, 15) is 0 Å². The van der Waals surface area contributed by atoms with E-state index in [0.29, 0.717) is 0 Å². The number of para-hydroxylation sites is 1. The third-order valence-electron chi connectivity index (χ3n) is 6.17. The minimum absolute atomic E-state index is 0.788. The van der Waals surface area contributed by atoms with Crippen molar-refractivity contribution in [3.63, 3.8) is 0 Å². The van der Waals surface area contributed by atoms with Gasteiger partial charge in [-0.3, -0.25) is 4.98 Å². The Morgan fingerprint density at radius 1 is 0.833 bits per heavy atom. The highest BCUT2D eigenvalue weighted by Crippen LogP contribution is 2.41. The maximum absolute atomic E-state index is 5.11. The SMILES string of the molecule is c1ccc(N2CCN(c3nc(-c4cccnc4)nc4sc5c(c34)CCC5)CC2)cc1. The first-order valence-electron chi connectivity index (χ1n) is 10.6. The summed E-state index contributed by atoms with van der Waals surface area (Å²) in [6.07, 6.45) is 7.25. The van der Waals surface area contributed by atoms with Crippen LogP contribution in [-0.4, -0.2) is 41.1 Å². The molecule has 1 aromatic carbocycles. The Morgan fingerprint density at radius 2 is 1.67 bits per heavy atom. The van der Waals surface area contributed by atoms with Gasteiger partial charge in [0, 0.05) is 54.7 Å². The van der Waals surface area contributed by atoms with E-state index in [0.717, 1.165) is 54.6 Å². The number of piperazine rings is 1. The van der Waals surface area contributed by atoms with Crippen LogP contribution < -0.4 is 9.80 Å². The second-order valence-electron chi connectivity index (χ2n) is 7.96. The molecule has 1 fully saturated rings. The molecule has 1 saturated heterocycles. The van der Waals surface area contributed by atoms with Crippen LogP contribution in [0.15, 0.2) is 54.9 Å². The van der Waals surface area contributed by atoms with Crippen LogP contribution in [0.2, 0.25) is 0 Å². The summed E-state index contributed by atoms with van der Waals surface area (Å²) < 4.78 is 0. The normalized spacial score (nSPS) is 16.3. The largest absolute Gasteiger partial charge is 0.368 e. The number of benzene rings is 1. The quantitative estimate of drug-likeness (QED) is 0.492. The van der Waals surface area contributed by atoms with Crippen LogP contribution in [0.1, 0.15) is 16.9 Å². The highest BCUT2D eigenvalue weighted by molar-refractivity contribution is 7.19. The highest BCUT2D eigenvalue weighted by Gasteiger charge is 2.27. The van der Waals surface area contributed by atoms with Crippen LogP contribution >= 0.6 is 11.3 Å². The van der Waals surface area contributed by atoms with Crippen molar-refractivity contribution in [3.05, 3.63) is 65.3 Å². The lowest BCUT2D eigenvalue weighted by Gasteiger charge is -2.37. The molecule has 0 spiro atoms. The first-order valence-corrected chi connectivity index (χ1v) is 11.5. The number of pyridine rings is 1. The molecule has 4 heterocycles. The average Bonchev–Trinajstić information content (AvgIpc) is 3.41. The molecular weight excluding hydrogens is 390 g/mol.